The SMILES string of the molecule is CCN(C1=NCC(OC)S1)c1ccc(N2CCN(c3ccc(OC)cc3)CC2)cc1.CCN(C1=NCC(OC)S1)c1ccc(N2CCN(c3ccc(OC)cc3)CC2)cc1.O. The van der Waals surface area contributed by atoms with Crippen LogP contribution in [0.3, 0.4) is 0 Å². The molecule has 4 aromatic carbocycles. The number of piperazine rings is 2. The monoisotopic (exact) mass is 870 g/mol. The highest BCUT2D eigenvalue weighted by atomic mass is 32.2. The Balaban J connectivity index is 0.000000201. The lowest BCUT2D eigenvalue weighted by molar-refractivity contribution is 0.182. The van der Waals surface area contributed by atoms with Gasteiger partial charge in [-0.1, -0.05) is 23.5 Å². The van der Waals surface area contributed by atoms with E-state index in [0.717, 1.165) is 100 Å². The Hall–Kier alpha value is -4.80. The Morgan fingerprint density at radius 3 is 0.984 bits per heavy atom. The van der Waals surface area contributed by atoms with Crippen molar-refractivity contribution in [3.8, 4) is 11.5 Å². The van der Waals surface area contributed by atoms with Crippen LogP contribution in [0.2, 0.25) is 0 Å². The van der Waals surface area contributed by atoms with E-state index in [-0.39, 0.29) is 16.3 Å². The lowest BCUT2D eigenvalue weighted by Gasteiger charge is -2.37. The Morgan fingerprint density at radius 1 is 0.475 bits per heavy atom. The topological polar surface area (TPSA) is 113 Å². The Kier molecular flexibility index (Phi) is 16.7. The van der Waals surface area contributed by atoms with Crippen LogP contribution in [0.1, 0.15) is 13.8 Å². The molecule has 2 fully saturated rings. The highest BCUT2D eigenvalue weighted by Gasteiger charge is 2.26. The van der Waals surface area contributed by atoms with E-state index in [1.165, 1.54) is 34.1 Å². The van der Waals surface area contributed by atoms with Crippen LogP contribution in [0.5, 0.6) is 11.5 Å². The van der Waals surface area contributed by atoms with Gasteiger partial charge < -0.3 is 53.8 Å². The molecule has 0 spiro atoms. The molecule has 2 atom stereocenters. The van der Waals surface area contributed by atoms with Gasteiger partial charge >= 0.3 is 0 Å². The molecule has 8 rings (SSSR count). The normalized spacial score (nSPS) is 18.7. The summed E-state index contributed by atoms with van der Waals surface area (Å²) in [6, 6.07) is 34.4. The third kappa shape index (κ3) is 11.4. The summed E-state index contributed by atoms with van der Waals surface area (Å²) in [5.74, 6) is 1.80. The van der Waals surface area contributed by atoms with E-state index in [1.807, 2.05) is 24.3 Å². The highest BCUT2D eigenvalue weighted by Crippen LogP contribution is 2.32. The zero-order chi connectivity index (χ0) is 41.8. The van der Waals surface area contributed by atoms with Gasteiger partial charge in [0.15, 0.2) is 10.3 Å². The molecule has 15 heteroatoms. The summed E-state index contributed by atoms with van der Waals surface area (Å²) in [4.78, 5) is 23.6. The number of nitrogens with zero attached hydrogens (tertiary/aromatic N) is 8. The largest absolute Gasteiger partial charge is 0.497 e. The lowest BCUT2D eigenvalue weighted by atomic mass is 10.2. The van der Waals surface area contributed by atoms with E-state index in [4.69, 9.17) is 18.9 Å². The van der Waals surface area contributed by atoms with Gasteiger partial charge in [-0.05, 0) is 111 Å². The molecule has 2 saturated heterocycles. The van der Waals surface area contributed by atoms with Crippen LogP contribution < -0.4 is 38.9 Å². The molecule has 0 saturated carbocycles. The first-order valence-corrected chi connectivity index (χ1v) is 22.7. The number of ether oxygens (including phenoxy) is 4. The number of thioether (sulfide) groups is 2. The van der Waals surface area contributed by atoms with Crippen LogP contribution in [0, 0.1) is 0 Å². The molecule has 4 aliphatic rings. The van der Waals surface area contributed by atoms with Crippen molar-refractivity contribution in [3.63, 3.8) is 0 Å². The van der Waals surface area contributed by atoms with E-state index >= 15 is 0 Å². The summed E-state index contributed by atoms with van der Waals surface area (Å²) >= 11 is 3.40. The van der Waals surface area contributed by atoms with Gasteiger partial charge in [0, 0.05) is 114 Å². The third-order valence-electron chi connectivity index (χ3n) is 11.3. The molecule has 0 amide bonds. The van der Waals surface area contributed by atoms with Gasteiger partial charge in [-0.25, -0.2) is 0 Å². The molecule has 0 aromatic heterocycles. The molecule has 0 bridgehead atoms. The van der Waals surface area contributed by atoms with E-state index in [1.54, 1.807) is 52.0 Å². The van der Waals surface area contributed by atoms with Crippen molar-refractivity contribution in [3.05, 3.63) is 97.1 Å². The summed E-state index contributed by atoms with van der Waals surface area (Å²) in [6.07, 6.45) is 0. The van der Waals surface area contributed by atoms with Crippen LogP contribution in [0.4, 0.5) is 34.1 Å². The van der Waals surface area contributed by atoms with Gasteiger partial charge in [0.2, 0.25) is 0 Å². The zero-order valence-electron chi connectivity index (χ0n) is 36.4. The molecule has 13 nitrogen and oxygen atoms in total. The Morgan fingerprint density at radius 2 is 0.754 bits per heavy atom. The summed E-state index contributed by atoms with van der Waals surface area (Å²) in [5, 5.41) is 2.09. The standard InChI is InChI=1S/2C23H30N4O2S.H2O/c2*1-4-27(23-24-17-22(29-3)30-23)20-7-5-18(6-8-20)25-13-15-26(16-14-25)19-9-11-21(28-2)12-10-19;/h2*5-12,22H,4,13-17H2,1-3H3;1H2. The maximum Gasteiger partial charge on any atom is 0.166 e. The second kappa shape index (κ2) is 22.3. The smallest absolute Gasteiger partial charge is 0.166 e. The van der Waals surface area contributed by atoms with Crippen molar-refractivity contribution in [2.24, 2.45) is 9.98 Å². The molecule has 2 unspecified atom stereocenters. The fraction of sp³-hybridized carbons (Fsp3) is 0.435. The van der Waals surface area contributed by atoms with Gasteiger partial charge in [-0.15, -0.1) is 0 Å². The number of hydrogen-bond donors (Lipinski definition) is 0. The van der Waals surface area contributed by atoms with Gasteiger partial charge in [0.25, 0.3) is 0 Å². The molecule has 328 valence electrons. The van der Waals surface area contributed by atoms with Crippen LogP contribution in [0.15, 0.2) is 107 Å². The predicted molar refractivity (Wildman–Crippen MR) is 259 cm³/mol. The van der Waals surface area contributed by atoms with Crippen LogP contribution >= 0.6 is 23.5 Å². The molecule has 2 N–H and O–H groups in total. The summed E-state index contributed by atoms with van der Waals surface area (Å²) in [7, 11) is 6.90. The van der Waals surface area contributed by atoms with Gasteiger partial charge in [-0.3, -0.25) is 9.98 Å². The molecule has 0 radical (unpaired) electrons. The highest BCUT2D eigenvalue weighted by molar-refractivity contribution is 8.15. The maximum atomic E-state index is 5.43. The average Bonchev–Trinajstić information content (AvgIpc) is 4.01. The molecule has 61 heavy (non-hydrogen) atoms. The van der Waals surface area contributed by atoms with Gasteiger partial charge in [-0.2, -0.15) is 0 Å². The van der Waals surface area contributed by atoms with Crippen molar-refractivity contribution < 1.29 is 24.4 Å². The van der Waals surface area contributed by atoms with Crippen molar-refractivity contribution in [1.29, 1.82) is 0 Å². The minimum Gasteiger partial charge on any atom is -0.497 e. The van der Waals surface area contributed by atoms with Crippen LogP contribution in [-0.4, -0.2) is 134 Å². The second-order valence-electron chi connectivity index (χ2n) is 14.7. The summed E-state index contributed by atoms with van der Waals surface area (Å²) in [6.45, 7) is 15.7. The molecular formula is C46H62N8O5S2. The van der Waals surface area contributed by atoms with E-state index in [2.05, 4.69) is 126 Å². The molecular weight excluding hydrogens is 809 g/mol. The first-order chi connectivity index (χ1) is 29.4. The first-order valence-electron chi connectivity index (χ1n) is 20.9. The second-order valence-corrected chi connectivity index (χ2v) is 16.9. The van der Waals surface area contributed by atoms with E-state index in [0.29, 0.717) is 0 Å². The van der Waals surface area contributed by atoms with Crippen molar-refractivity contribution >= 4 is 68.0 Å². The number of rotatable bonds is 12. The Bertz CT molecular complexity index is 1850. The molecule has 4 heterocycles. The molecule has 4 aliphatic heterocycles. The van der Waals surface area contributed by atoms with Crippen molar-refractivity contribution in [2.75, 3.05) is 136 Å². The molecule has 4 aromatic rings. The van der Waals surface area contributed by atoms with Crippen LogP contribution in [0.25, 0.3) is 0 Å². The Labute approximate surface area is 370 Å². The minimum absolute atomic E-state index is 0. The fourth-order valence-corrected chi connectivity index (χ4v) is 9.79. The summed E-state index contributed by atoms with van der Waals surface area (Å²) < 4.78 is 21.4. The predicted octanol–water partition coefficient (Wildman–Crippen LogP) is 7.02. The van der Waals surface area contributed by atoms with Gasteiger partial charge in [0.1, 0.15) is 22.4 Å². The average molecular weight is 871 g/mol. The van der Waals surface area contributed by atoms with Gasteiger partial charge in [0.05, 0.1) is 27.3 Å². The molecule has 0 aliphatic carbocycles. The van der Waals surface area contributed by atoms with E-state index < -0.39 is 0 Å². The number of benzene rings is 4. The summed E-state index contributed by atoms with van der Waals surface area (Å²) in [5.41, 5.74) is 7.70. The first kappa shape index (κ1) is 45.7. The number of methoxy groups -OCH3 is 4. The third-order valence-corrected chi connectivity index (χ3v) is 13.7. The van der Waals surface area contributed by atoms with Crippen molar-refractivity contribution in [2.45, 2.75) is 24.7 Å². The van der Waals surface area contributed by atoms with E-state index in [9.17, 15) is 0 Å². The zero-order valence-corrected chi connectivity index (χ0v) is 38.0. The fourth-order valence-electron chi connectivity index (χ4n) is 7.81. The maximum absolute atomic E-state index is 5.43. The number of amidine groups is 2. The number of anilines is 6. The quantitative estimate of drug-likeness (QED) is 0.146. The van der Waals surface area contributed by atoms with Crippen LogP contribution in [-0.2, 0) is 9.47 Å². The van der Waals surface area contributed by atoms with Crippen molar-refractivity contribution in [1.82, 2.24) is 0 Å². The minimum atomic E-state index is 0. The number of hydrogen-bond acceptors (Lipinski definition) is 14. The number of aliphatic imine (C=N–C) groups is 2. The lowest BCUT2D eigenvalue weighted by Crippen LogP contribution is -2.46.